The highest BCUT2D eigenvalue weighted by molar-refractivity contribution is 9.11. The first-order valence-corrected chi connectivity index (χ1v) is 10.1. The highest BCUT2D eigenvalue weighted by Crippen LogP contribution is 2.23. The van der Waals surface area contributed by atoms with Crippen molar-refractivity contribution < 1.29 is 5.11 Å². The molecule has 4 nitrogen and oxygen atoms in total. The molecule has 0 aliphatic heterocycles. The zero-order valence-corrected chi connectivity index (χ0v) is 16.5. The summed E-state index contributed by atoms with van der Waals surface area (Å²) in [7, 11) is 0. The van der Waals surface area contributed by atoms with E-state index in [2.05, 4.69) is 43.7 Å². The van der Waals surface area contributed by atoms with Gasteiger partial charge >= 0.3 is 0 Å². The van der Waals surface area contributed by atoms with E-state index in [1.54, 1.807) is 29.6 Å². The van der Waals surface area contributed by atoms with Gasteiger partial charge in [-0.15, -0.1) is 11.3 Å². The lowest BCUT2D eigenvalue weighted by Crippen LogP contribution is -2.39. The average Bonchev–Trinajstić information content (AvgIpc) is 3.17. The van der Waals surface area contributed by atoms with Crippen LogP contribution in [0.3, 0.4) is 0 Å². The third kappa shape index (κ3) is 5.91. The average molecular weight is 416 g/mol. The predicted octanol–water partition coefficient (Wildman–Crippen LogP) is 3.58. The Morgan fingerprint density at radius 1 is 1.35 bits per heavy atom. The zero-order valence-electron chi connectivity index (χ0n) is 13.3. The number of hydrogen-bond acceptors (Lipinski definition) is 4. The van der Waals surface area contributed by atoms with Crippen LogP contribution in [0.25, 0.3) is 0 Å². The first-order valence-electron chi connectivity index (χ1n) is 7.52. The Hall–Kier alpha value is -0.890. The highest BCUT2D eigenvalue weighted by Gasteiger charge is 2.23. The van der Waals surface area contributed by atoms with Crippen molar-refractivity contribution in [1.82, 2.24) is 10.6 Å². The molecule has 0 aliphatic carbocycles. The number of hydrogen-bond donors (Lipinski definition) is 3. The molecule has 0 saturated carbocycles. The molecule has 2 aromatic rings. The summed E-state index contributed by atoms with van der Waals surface area (Å²) in [6.45, 7) is 5.75. The van der Waals surface area contributed by atoms with E-state index in [-0.39, 0.29) is 0 Å². The van der Waals surface area contributed by atoms with Crippen LogP contribution < -0.4 is 10.6 Å². The van der Waals surface area contributed by atoms with Crippen molar-refractivity contribution in [3.8, 4) is 0 Å². The summed E-state index contributed by atoms with van der Waals surface area (Å²) in [6, 6.07) is 6.13. The Balaban J connectivity index is 1.89. The van der Waals surface area contributed by atoms with Gasteiger partial charge in [-0.05, 0) is 70.7 Å². The van der Waals surface area contributed by atoms with Gasteiger partial charge in [-0.2, -0.15) is 11.3 Å². The van der Waals surface area contributed by atoms with Crippen molar-refractivity contribution in [2.45, 2.75) is 25.9 Å². The maximum atomic E-state index is 10.5. The van der Waals surface area contributed by atoms with E-state index in [1.165, 1.54) is 4.88 Å². The molecule has 0 fully saturated rings. The zero-order chi connectivity index (χ0) is 16.7. The number of rotatable bonds is 7. The smallest absolute Gasteiger partial charge is 0.191 e. The van der Waals surface area contributed by atoms with E-state index in [9.17, 15) is 5.11 Å². The summed E-state index contributed by atoms with van der Waals surface area (Å²) in [5.74, 6) is 0.735. The fourth-order valence-corrected chi connectivity index (χ4v) is 4.29. The minimum absolute atomic E-state index is 0.323. The Morgan fingerprint density at radius 2 is 2.17 bits per heavy atom. The number of guanidine groups is 1. The maximum absolute atomic E-state index is 10.5. The van der Waals surface area contributed by atoms with Crippen LogP contribution in [0.2, 0.25) is 0 Å². The number of aliphatic imine (C=N–C) groups is 1. The van der Waals surface area contributed by atoms with Gasteiger partial charge in [0, 0.05) is 18.0 Å². The van der Waals surface area contributed by atoms with Crippen LogP contribution >= 0.6 is 38.6 Å². The molecule has 2 rings (SSSR count). The fraction of sp³-hybridized carbons (Fsp3) is 0.438. The third-order valence-corrected chi connectivity index (χ3v) is 5.69. The van der Waals surface area contributed by atoms with Gasteiger partial charge in [0.1, 0.15) is 5.60 Å². The second-order valence-electron chi connectivity index (χ2n) is 5.36. The minimum Gasteiger partial charge on any atom is -0.383 e. The van der Waals surface area contributed by atoms with Crippen LogP contribution in [0.1, 0.15) is 24.3 Å². The molecule has 0 saturated heterocycles. The topological polar surface area (TPSA) is 56.7 Å². The number of thiophene rings is 2. The van der Waals surface area contributed by atoms with Gasteiger partial charge in [-0.1, -0.05) is 0 Å². The van der Waals surface area contributed by atoms with Crippen molar-refractivity contribution in [1.29, 1.82) is 0 Å². The number of nitrogens with one attached hydrogen (secondary N) is 2. The molecule has 7 heteroatoms. The first-order chi connectivity index (χ1) is 11.0. The lowest BCUT2D eigenvalue weighted by atomic mass is 10.00. The van der Waals surface area contributed by atoms with Crippen LogP contribution in [-0.2, 0) is 12.0 Å². The Morgan fingerprint density at radius 3 is 2.78 bits per heavy atom. The van der Waals surface area contributed by atoms with Gasteiger partial charge in [-0.25, -0.2) is 4.99 Å². The lowest BCUT2D eigenvalue weighted by Gasteiger charge is -2.21. The van der Waals surface area contributed by atoms with Crippen molar-refractivity contribution >= 4 is 44.6 Å². The largest absolute Gasteiger partial charge is 0.383 e. The summed E-state index contributed by atoms with van der Waals surface area (Å²) < 4.78 is 1.15. The molecular formula is C16H22BrN3OS2. The van der Waals surface area contributed by atoms with Gasteiger partial charge in [0.05, 0.1) is 10.3 Å². The van der Waals surface area contributed by atoms with Crippen LogP contribution in [0.5, 0.6) is 0 Å². The molecule has 0 spiro atoms. The van der Waals surface area contributed by atoms with E-state index < -0.39 is 5.60 Å². The summed E-state index contributed by atoms with van der Waals surface area (Å²) in [4.78, 5) is 5.85. The Kier molecular flexibility index (Phi) is 7.08. The summed E-state index contributed by atoms with van der Waals surface area (Å²) in [5.41, 5.74) is -0.0356. The van der Waals surface area contributed by atoms with E-state index in [0.717, 1.165) is 34.8 Å². The molecule has 0 aromatic carbocycles. The molecule has 0 bridgehead atoms. The molecule has 23 heavy (non-hydrogen) atoms. The van der Waals surface area contributed by atoms with Crippen LogP contribution in [0, 0.1) is 0 Å². The normalized spacial score (nSPS) is 14.5. The second kappa shape index (κ2) is 8.82. The van der Waals surface area contributed by atoms with Gasteiger partial charge in [0.25, 0.3) is 0 Å². The SMILES string of the molecule is CCNC(=NCC(C)(O)c1ccsc1)NCCc1ccc(Br)s1. The van der Waals surface area contributed by atoms with Crippen molar-refractivity contribution in [3.63, 3.8) is 0 Å². The van der Waals surface area contributed by atoms with Crippen molar-refractivity contribution in [2.24, 2.45) is 4.99 Å². The molecule has 126 valence electrons. The molecule has 1 atom stereocenters. The third-order valence-electron chi connectivity index (χ3n) is 3.33. The van der Waals surface area contributed by atoms with E-state index in [1.807, 2.05) is 23.8 Å². The molecule has 1 unspecified atom stereocenters. The standard InChI is InChI=1S/C16H22BrN3OS2/c1-3-18-15(19-8-6-13-4-5-14(17)23-13)20-11-16(2,21)12-7-9-22-10-12/h4-5,7,9-10,21H,3,6,8,11H2,1-2H3,(H2,18,19,20). The van der Waals surface area contributed by atoms with Gasteiger partial charge in [0.2, 0.25) is 0 Å². The molecular weight excluding hydrogens is 394 g/mol. The maximum Gasteiger partial charge on any atom is 0.191 e. The first kappa shape index (κ1) is 18.4. The second-order valence-corrected chi connectivity index (χ2v) is 8.69. The summed E-state index contributed by atoms with van der Waals surface area (Å²) in [5, 5.41) is 21.0. The Bertz CT molecular complexity index is 623. The molecule has 0 amide bonds. The molecule has 3 N–H and O–H groups in total. The van der Waals surface area contributed by atoms with E-state index >= 15 is 0 Å². The number of nitrogens with zero attached hydrogens (tertiary/aromatic N) is 1. The molecule has 2 aromatic heterocycles. The quantitative estimate of drug-likeness (QED) is 0.478. The van der Waals surface area contributed by atoms with Crippen molar-refractivity contribution in [2.75, 3.05) is 19.6 Å². The molecule has 0 aliphatic rings. The van der Waals surface area contributed by atoms with Gasteiger partial charge in [0.15, 0.2) is 5.96 Å². The minimum atomic E-state index is -0.943. The van der Waals surface area contributed by atoms with Gasteiger partial charge < -0.3 is 15.7 Å². The van der Waals surface area contributed by atoms with Crippen molar-refractivity contribution in [3.05, 3.63) is 43.2 Å². The summed E-state index contributed by atoms with van der Waals surface area (Å²) in [6.07, 6.45) is 0.946. The van der Waals surface area contributed by atoms with Crippen LogP contribution in [0.4, 0.5) is 0 Å². The van der Waals surface area contributed by atoms with Crippen LogP contribution in [-0.4, -0.2) is 30.7 Å². The van der Waals surface area contributed by atoms with Crippen LogP contribution in [0.15, 0.2) is 37.7 Å². The summed E-state index contributed by atoms with van der Waals surface area (Å²) >= 11 is 6.81. The predicted molar refractivity (Wildman–Crippen MR) is 104 cm³/mol. The lowest BCUT2D eigenvalue weighted by molar-refractivity contribution is 0.0677. The Labute approximate surface area is 153 Å². The number of halogens is 1. The highest BCUT2D eigenvalue weighted by atomic mass is 79.9. The fourth-order valence-electron chi connectivity index (χ4n) is 2.03. The van der Waals surface area contributed by atoms with Gasteiger partial charge in [-0.3, -0.25) is 0 Å². The molecule has 2 heterocycles. The van der Waals surface area contributed by atoms with E-state index in [0.29, 0.717) is 6.54 Å². The monoisotopic (exact) mass is 415 g/mol. The number of aliphatic hydroxyl groups is 1. The molecule has 0 radical (unpaired) electrons. The van der Waals surface area contributed by atoms with E-state index in [4.69, 9.17) is 0 Å².